The molecule has 0 spiro atoms. The molecule has 2 rings (SSSR count). The van der Waals surface area contributed by atoms with Gasteiger partial charge in [0.25, 0.3) is 0 Å². The summed E-state index contributed by atoms with van der Waals surface area (Å²) in [6, 6.07) is 11.6. The fraction of sp³-hybridized carbons (Fsp3) is 0.312. The summed E-state index contributed by atoms with van der Waals surface area (Å²) >= 11 is 4.96. The monoisotopic (exact) mass is 367 g/mol. The van der Waals surface area contributed by atoms with Gasteiger partial charge in [0.05, 0.1) is 6.54 Å². The maximum absolute atomic E-state index is 11.9. The molecule has 0 saturated heterocycles. The van der Waals surface area contributed by atoms with E-state index >= 15 is 0 Å². The van der Waals surface area contributed by atoms with Crippen LogP contribution in [-0.4, -0.2) is 17.6 Å². The molecule has 1 amide bonds. The first-order chi connectivity index (χ1) is 9.99. The second kappa shape index (κ2) is 7.20. The highest BCUT2D eigenvalue weighted by atomic mass is 79.9. The van der Waals surface area contributed by atoms with Crippen LogP contribution in [0.4, 0.5) is 0 Å². The Morgan fingerprint density at radius 1 is 1.33 bits per heavy atom. The minimum Gasteiger partial charge on any atom is -0.383 e. The van der Waals surface area contributed by atoms with Crippen LogP contribution in [-0.2, 0) is 16.8 Å². The van der Waals surface area contributed by atoms with Crippen LogP contribution in [0.1, 0.15) is 23.8 Å². The molecule has 0 unspecified atom stereocenters. The molecule has 0 saturated carbocycles. The Bertz CT molecular complexity index is 596. The van der Waals surface area contributed by atoms with Crippen molar-refractivity contribution >= 4 is 33.2 Å². The van der Waals surface area contributed by atoms with E-state index in [2.05, 4.69) is 21.2 Å². The topological polar surface area (TPSA) is 49.3 Å². The standard InChI is InChI=1S/C16H18BrNO2S/c1-16(20,14-7-4-10-21-14)11-18-15(19)9-8-12-5-2-3-6-13(12)17/h2-7,10,20H,8-9,11H2,1H3,(H,18,19)/t16-/m0/s1. The zero-order chi connectivity index (χ0) is 15.3. The van der Waals surface area contributed by atoms with E-state index in [1.54, 1.807) is 6.92 Å². The lowest BCUT2D eigenvalue weighted by atomic mass is 10.0. The zero-order valence-electron chi connectivity index (χ0n) is 11.8. The number of thiophene rings is 1. The van der Waals surface area contributed by atoms with Crippen LogP contribution >= 0.6 is 27.3 Å². The Balaban J connectivity index is 1.82. The molecular formula is C16H18BrNO2S. The van der Waals surface area contributed by atoms with E-state index in [-0.39, 0.29) is 12.5 Å². The predicted octanol–water partition coefficient (Wildman–Crippen LogP) is 3.47. The highest BCUT2D eigenvalue weighted by molar-refractivity contribution is 9.10. The van der Waals surface area contributed by atoms with Gasteiger partial charge in [-0.25, -0.2) is 0 Å². The van der Waals surface area contributed by atoms with Gasteiger partial charge in [-0.2, -0.15) is 0 Å². The molecule has 0 aliphatic heterocycles. The number of carbonyl (C=O) groups excluding carboxylic acids is 1. The van der Waals surface area contributed by atoms with Crippen molar-refractivity contribution in [3.05, 3.63) is 56.7 Å². The molecule has 112 valence electrons. The van der Waals surface area contributed by atoms with Crippen LogP contribution in [0.2, 0.25) is 0 Å². The van der Waals surface area contributed by atoms with Crippen LogP contribution in [0.3, 0.4) is 0 Å². The van der Waals surface area contributed by atoms with E-state index in [0.717, 1.165) is 14.9 Å². The van der Waals surface area contributed by atoms with Crippen molar-refractivity contribution in [1.82, 2.24) is 5.32 Å². The van der Waals surface area contributed by atoms with E-state index in [0.29, 0.717) is 12.8 Å². The maximum Gasteiger partial charge on any atom is 0.220 e. The number of hydrogen-bond acceptors (Lipinski definition) is 3. The van der Waals surface area contributed by atoms with Crippen molar-refractivity contribution < 1.29 is 9.90 Å². The lowest BCUT2D eigenvalue weighted by molar-refractivity contribution is -0.122. The van der Waals surface area contributed by atoms with Gasteiger partial charge in [0, 0.05) is 15.8 Å². The Hall–Kier alpha value is -1.17. The molecule has 1 aromatic carbocycles. The van der Waals surface area contributed by atoms with E-state index in [4.69, 9.17) is 0 Å². The number of benzene rings is 1. The van der Waals surface area contributed by atoms with Crippen LogP contribution in [0.5, 0.6) is 0 Å². The molecule has 1 atom stereocenters. The molecule has 5 heteroatoms. The highest BCUT2D eigenvalue weighted by Gasteiger charge is 2.24. The maximum atomic E-state index is 11.9. The molecule has 2 aromatic rings. The van der Waals surface area contributed by atoms with Crippen molar-refractivity contribution in [3.63, 3.8) is 0 Å². The van der Waals surface area contributed by atoms with Gasteiger partial charge in [-0.1, -0.05) is 40.2 Å². The number of nitrogens with one attached hydrogen (secondary N) is 1. The first-order valence-corrected chi connectivity index (χ1v) is 8.43. The van der Waals surface area contributed by atoms with E-state index in [1.807, 2.05) is 41.8 Å². The quantitative estimate of drug-likeness (QED) is 0.820. The van der Waals surface area contributed by atoms with E-state index in [1.165, 1.54) is 11.3 Å². The highest BCUT2D eigenvalue weighted by Crippen LogP contribution is 2.24. The minimum absolute atomic E-state index is 0.0532. The SMILES string of the molecule is C[C@](O)(CNC(=O)CCc1ccccc1Br)c1cccs1. The van der Waals surface area contributed by atoms with Gasteiger partial charge in [-0.15, -0.1) is 11.3 Å². The third kappa shape index (κ3) is 4.66. The Kier molecular flexibility index (Phi) is 5.56. The average molecular weight is 368 g/mol. The van der Waals surface area contributed by atoms with Crippen LogP contribution in [0, 0.1) is 0 Å². The molecule has 0 aliphatic carbocycles. The average Bonchev–Trinajstić information content (AvgIpc) is 2.99. The Morgan fingerprint density at radius 3 is 2.76 bits per heavy atom. The molecule has 0 aliphatic rings. The normalized spacial score (nSPS) is 13.7. The van der Waals surface area contributed by atoms with Crippen molar-refractivity contribution in [2.45, 2.75) is 25.4 Å². The molecular weight excluding hydrogens is 350 g/mol. The molecule has 1 heterocycles. The summed E-state index contributed by atoms with van der Waals surface area (Å²) in [5.74, 6) is -0.0532. The first-order valence-electron chi connectivity index (χ1n) is 6.75. The number of amides is 1. The lowest BCUT2D eigenvalue weighted by Crippen LogP contribution is -2.38. The smallest absolute Gasteiger partial charge is 0.220 e. The van der Waals surface area contributed by atoms with Crippen molar-refractivity contribution in [3.8, 4) is 0 Å². The third-order valence-corrected chi connectivity index (χ3v) is 5.16. The van der Waals surface area contributed by atoms with E-state index < -0.39 is 5.60 Å². The zero-order valence-corrected chi connectivity index (χ0v) is 14.2. The van der Waals surface area contributed by atoms with Gasteiger partial charge in [0.15, 0.2) is 0 Å². The van der Waals surface area contributed by atoms with Gasteiger partial charge in [0.1, 0.15) is 5.60 Å². The number of carbonyl (C=O) groups is 1. The van der Waals surface area contributed by atoms with Gasteiger partial charge < -0.3 is 10.4 Å². The molecule has 0 radical (unpaired) electrons. The summed E-state index contributed by atoms with van der Waals surface area (Å²) in [5.41, 5.74) is 0.0922. The largest absolute Gasteiger partial charge is 0.383 e. The van der Waals surface area contributed by atoms with Gasteiger partial charge >= 0.3 is 0 Å². The fourth-order valence-electron chi connectivity index (χ4n) is 1.98. The van der Waals surface area contributed by atoms with Crippen LogP contribution in [0.25, 0.3) is 0 Å². The number of halogens is 1. The van der Waals surface area contributed by atoms with Crippen molar-refractivity contribution in [1.29, 1.82) is 0 Å². The second-order valence-electron chi connectivity index (χ2n) is 5.12. The predicted molar refractivity (Wildman–Crippen MR) is 89.4 cm³/mol. The molecule has 3 nitrogen and oxygen atoms in total. The molecule has 2 N–H and O–H groups in total. The van der Waals surface area contributed by atoms with Crippen molar-refractivity contribution in [2.75, 3.05) is 6.54 Å². The second-order valence-corrected chi connectivity index (χ2v) is 6.92. The summed E-state index contributed by atoms with van der Waals surface area (Å²) in [4.78, 5) is 12.8. The molecule has 0 fully saturated rings. The minimum atomic E-state index is -1.02. The van der Waals surface area contributed by atoms with Gasteiger partial charge in [0.2, 0.25) is 5.91 Å². The fourth-order valence-corrected chi connectivity index (χ4v) is 3.25. The number of hydrogen-bond donors (Lipinski definition) is 2. The molecule has 1 aromatic heterocycles. The van der Waals surface area contributed by atoms with E-state index in [9.17, 15) is 9.90 Å². The summed E-state index contributed by atoms with van der Waals surface area (Å²) in [6.07, 6.45) is 1.08. The number of aryl methyl sites for hydroxylation is 1. The summed E-state index contributed by atoms with van der Waals surface area (Å²) in [5, 5.41) is 15.1. The Morgan fingerprint density at radius 2 is 2.10 bits per heavy atom. The summed E-state index contributed by atoms with van der Waals surface area (Å²) < 4.78 is 1.02. The third-order valence-electron chi connectivity index (χ3n) is 3.26. The first kappa shape index (κ1) is 16.2. The number of rotatable bonds is 6. The van der Waals surface area contributed by atoms with Gasteiger partial charge in [-0.3, -0.25) is 4.79 Å². The number of aliphatic hydroxyl groups is 1. The van der Waals surface area contributed by atoms with Crippen molar-refractivity contribution in [2.24, 2.45) is 0 Å². The molecule has 0 bridgehead atoms. The van der Waals surface area contributed by atoms with Gasteiger partial charge in [-0.05, 0) is 36.4 Å². The van der Waals surface area contributed by atoms with Crippen LogP contribution < -0.4 is 5.32 Å². The summed E-state index contributed by atoms with van der Waals surface area (Å²) in [7, 11) is 0. The summed E-state index contributed by atoms with van der Waals surface area (Å²) in [6.45, 7) is 1.94. The Labute approximate surface area is 137 Å². The molecule has 21 heavy (non-hydrogen) atoms. The lowest BCUT2D eigenvalue weighted by Gasteiger charge is -2.22. The van der Waals surface area contributed by atoms with Crippen LogP contribution in [0.15, 0.2) is 46.3 Å².